The number of ether oxygens (including phenoxy) is 1. The first kappa shape index (κ1) is 15.2. The average Bonchev–Trinajstić information content (AvgIpc) is 2.31. The van der Waals surface area contributed by atoms with Crippen molar-refractivity contribution in [3.05, 3.63) is 29.3 Å². The summed E-state index contributed by atoms with van der Waals surface area (Å²) in [6.07, 6.45) is 0.375. The Morgan fingerprint density at radius 3 is 2.26 bits per heavy atom. The SMILES string of the molecule is CC(C)CC(C)Oc1c(F)cc(C(N)=NO)cc1F. The van der Waals surface area contributed by atoms with Crippen LogP contribution in [0, 0.1) is 17.6 Å². The van der Waals surface area contributed by atoms with E-state index in [4.69, 9.17) is 15.7 Å². The highest BCUT2D eigenvalue weighted by Gasteiger charge is 2.17. The van der Waals surface area contributed by atoms with E-state index in [9.17, 15) is 8.78 Å². The maximum atomic E-state index is 13.7. The van der Waals surface area contributed by atoms with Gasteiger partial charge in [0.15, 0.2) is 23.2 Å². The standard InChI is InChI=1S/C13H18F2N2O2/c1-7(2)4-8(3)19-12-10(14)5-9(6-11(12)15)13(16)17-18/h5-8,18H,4H2,1-3H3,(H2,16,17). The Kier molecular flexibility index (Phi) is 5.09. The van der Waals surface area contributed by atoms with Crippen molar-refractivity contribution in [3.8, 4) is 5.75 Å². The summed E-state index contributed by atoms with van der Waals surface area (Å²) in [6.45, 7) is 5.73. The van der Waals surface area contributed by atoms with E-state index in [0.717, 1.165) is 12.1 Å². The van der Waals surface area contributed by atoms with Crippen LogP contribution in [0.2, 0.25) is 0 Å². The number of nitrogens with zero attached hydrogens (tertiary/aromatic N) is 1. The lowest BCUT2D eigenvalue weighted by Crippen LogP contribution is -2.18. The Balaban J connectivity index is 2.98. The van der Waals surface area contributed by atoms with Gasteiger partial charge in [-0.05, 0) is 31.4 Å². The third kappa shape index (κ3) is 4.08. The molecule has 0 aromatic heterocycles. The summed E-state index contributed by atoms with van der Waals surface area (Å²) in [4.78, 5) is 0. The molecular formula is C13H18F2N2O2. The van der Waals surface area contributed by atoms with Gasteiger partial charge in [-0.15, -0.1) is 0 Å². The molecule has 1 unspecified atom stereocenters. The van der Waals surface area contributed by atoms with Crippen LogP contribution in [-0.4, -0.2) is 17.1 Å². The van der Waals surface area contributed by atoms with Gasteiger partial charge in [-0.2, -0.15) is 0 Å². The maximum absolute atomic E-state index is 13.7. The molecule has 0 radical (unpaired) electrons. The molecule has 0 spiro atoms. The highest BCUT2D eigenvalue weighted by atomic mass is 19.1. The zero-order valence-electron chi connectivity index (χ0n) is 11.2. The third-order valence-electron chi connectivity index (χ3n) is 2.52. The van der Waals surface area contributed by atoms with E-state index in [0.29, 0.717) is 12.3 Å². The first-order valence-electron chi connectivity index (χ1n) is 5.98. The van der Waals surface area contributed by atoms with Gasteiger partial charge < -0.3 is 15.7 Å². The zero-order valence-corrected chi connectivity index (χ0v) is 11.2. The molecule has 0 amide bonds. The van der Waals surface area contributed by atoms with E-state index in [1.165, 1.54) is 0 Å². The molecule has 1 aromatic carbocycles. The van der Waals surface area contributed by atoms with Crippen molar-refractivity contribution >= 4 is 5.84 Å². The number of oxime groups is 1. The highest BCUT2D eigenvalue weighted by molar-refractivity contribution is 5.97. The molecule has 19 heavy (non-hydrogen) atoms. The summed E-state index contributed by atoms with van der Waals surface area (Å²) in [7, 11) is 0. The summed E-state index contributed by atoms with van der Waals surface area (Å²) >= 11 is 0. The smallest absolute Gasteiger partial charge is 0.191 e. The lowest BCUT2D eigenvalue weighted by molar-refractivity contribution is 0.177. The molecule has 0 saturated carbocycles. The van der Waals surface area contributed by atoms with Gasteiger partial charge in [-0.1, -0.05) is 19.0 Å². The van der Waals surface area contributed by atoms with Crippen molar-refractivity contribution in [2.24, 2.45) is 16.8 Å². The summed E-state index contributed by atoms with van der Waals surface area (Å²) < 4.78 is 32.8. The molecule has 3 N–H and O–H groups in total. The normalized spacial score (nSPS) is 13.7. The average molecular weight is 272 g/mol. The number of halogens is 2. The maximum Gasteiger partial charge on any atom is 0.191 e. The largest absolute Gasteiger partial charge is 0.485 e. The summed E-state index contributed by atoms with van der Waals surface area (Å²) in [6, 6.07) is 1.94. The number of nitrogens with two attached hydrogens (primary N) is 1. The summed E-state index contributed by atoms with van der Waals surface area (Å²) in [5, 5.41) is 11.2. The van der Waals surface area contributed by atoms with Crippen molar-refractivity contribution in [1.29, 1.82) is 0 Å². The third-order valence-corrected chi connectivity index (χ3v) is 2.52. The highest BCUT2D eigenvalue weighted by Crippen LogP contribution is 2.25. The second-order valence-electron chi connectivity index (χ2n) is 4.81. The quantitative estimate of drug-likeness (QED) is 0.375. The van der Waals surface area contributed by atoms with Gasteiger partial charge in [0.2, 0.25) is 0 Å². The van der Waals surface area contributed by atoms with Crippen LogP contribution in [0.3, 0.4) is 0 Å². The van der Waals surface area contributed by atoms with E-state index in [1.54, 1.807) is 6.92 Å². The van der Waals surface area contributed by atoms with Crippen molar-refractivity contribution in [2.75, 3.05) is 0 Å². The van der Waals surface area contributed by atoms with Crippen molar-refractivity contribution < 1.29 is 18.7 Å². The predicted molar refractivity (Wildman–Crippen MR) is 68.4 cm³/mol. The Labute approximate surface area is 110 Å². The minimum Gasteiger partial charge on any atom is -0.485 e. The molecule has 0 aliphatic rings. The molecule has 6 heteroatoms. The fourth-order valence-corrected chi connectivity index (χ4v) is 1.79. The molecule has 0 aliphatic carbocycles. The van der Waals surface area contributed by atoms with E-state index < -0.39 is 17.4 Å². The number of benzene rings is 1. The van der Waals surface area contributed by atoms with Crippen LogP contribution in [0.1, 0.15) is 32.8 Å². The Morgan fingerprint density at radius 1 is 1.32 bits per heavy atom. The molecule has 0 fully saturated rings. The van der Waals surface area contributed by atoms with Gasteiger partial charge in [0.1, 0.15) is 0 Å². The lowest BCUT2D eigenvalue weighted by atomic mass is 10.1. The number of amidine groups is 1. The summed E-state index contributed by atoms with van der Waals surface area (Å²) in [5.74, 6) is -2.20. The van der Waals surface area contributed by atoms with Crippen molar-refractivity contribution in [1.82, 2.24) is 0 Å². The summed E-state index contributed by atoms with van der Waals surface area (Å²) in [5.41, 5.74) is 5.23. The van der Waals surface area contributed by atoms with Gasteiger partial charge in [-0.3, -0.25) is 0 Å². The number of rotatable bonds is 5. The van der Waals surface area contributed by atoms with Gasteiger partial charge in [-0.25, -0.2) is 8.78 Å². The van der Waals surface area contributed by atoms with E-state index >= 15 is 0 Å². The van der Waals surface area contributed by atoms with Crippen LogP contribution in [0.25, 0.3) is 0 Å². The zero-order chi connectivity index (χ0) is 14.6. The van der Waals surface area contributed by atoms with Gasteiger partial charge in [0, 0.05) is 5.56 Å². The van der Waals surface area contributed by atoms with Crippen LogP contribution in [0.4, 0.5) is 8.78 Å². The van der Waals surface area contributed by atoms with E-state index in [-0.39, 0.29) is 17.5 Å². The minimum atomic E-state index is -0.878. The topological polar surface area (TPSA) is 67.8 Å². The number of hydrogen-bond donors (Lipinski definition) is 2. The van der Waals surface area contributed by atoms with E-state index in [1.807, 2.05) is 13.8 Å². The molecule has 1 rings (SSSR count). The van der Waals surface area contributed by atoms with Crippen molar-refractivity contribution in [2.45, 2.75) is 33.3 Å². The Bertz CT molecular complexity index is 453. The van der Waals surface area contributed by atoms with Gasteiger partial charge in [0.05, 0.1) is 6.10 Å². The molecular weight excluding hydrogens is 254 g/mol. The Hall–Kier alpha value is -1.85. The molecule has 1 atom stereocenters. The minimum absolute atomic E-state index is 0.0404. The van der Waals surface area contributed by atoms with Crippen LogP contribution < -0.4 is 10.5 Å². The second-order valence-corrected chi connectivity index (χ2v) is 4.81. The second kappa shape index (κ2) is 6.36. The molecule has 0 saturated heterocycles. The van der Waals surface area contributed by atoms with Gasteiger partial charge >= 0.3 is 0 Å². The van der Waals surface area contributed by atoms with Crippen molar-refractivity contribution in [3.63, 3.8) is 0 Å². The first-order valence-corrected chi connectivity index (χ1v) is 5.98. The molecule has 0 aliphatic heterocycles. The molecule has 0 bridgehead atoms. The molecule has 0 heterocycles. The van der Waals surface area contributed by atoms with E-state index in [2.05, 4.69) is 5.16 Å². The number of hydrogen-bond acceptors (Lipinski definition) is 3. The van der Waals surface area contributed by atoms with Crippen LogP contribution in [0.5, 0.6) is 5.75 Å². The van der Waals surface area contributed by atoms with Crippen LogP contribution in [-0.2, 0) is 0 Å². The molecule has 4 nitrogen and oxygen atoms in total. The fraction of sp³-hybridized carbons (Fsp3) is 0.462. The predicted octanol–water partition coefficient (Wildman–Crippen LogP) is 2.87. The molecule has 1 aromatic rings. The van der Waals surface area contributed by atoms with Crippen LogP contribution >= 0.6 is 0 Å². The first-order chi connectivity index (χ1) is 8.85. The van der Waals surface area contributed by atoms with Gasteiger partial charge in [0.25, 0.3) is 0 Å². The Morgan fingerprint density at radius 2 is 1.84 bits per heavy atom. The fourth-order valence-electron chi connectivity index (χ4n) is 1.79. The monoisotopic (exact) mass is 272 g/mol. The lowest BCUT2D eigenvalue weighted by Gasteiger charge is -2.17. The molecule has 106 valence electrons. The van der Waals surface area contributed by atoms with Crippen LogP contribution in [0.15, 0.2) is 17.3 Å².